The molecule has 1 heterocycles. The third-order valence-corrected chi connectivity index (χ3v) is 3.20. The summed E-state index contributed by atoms with van der Waals surface area (Å²) in [6, 6.07) is 0.442. The smallest absolute Gasteiger partial charge is 0.0669 e. The summed E-state index contributed by atoms with van der Waals surface area (Å²) in [6.45, 7) is 11.1. The fraction of sp³-hybridized carbons (Fsp3) is 1.00. The molecule has 0 radical (unpaired) electrons. The summed E-state index contributed by atoms with van der Waals surface area (Å²) in [6.07, 6.45) is 1.74. The van der Waals surface area contributed by atoms with Crippen molar-refractivity contribution < 1.29 is 9.84 Å². The minimum atomic E-state index is -0.246. The molecule has 1 rings (SSSR count). The van der Waals surface area contributed by atoms with Gasteiger partial charge >= 0.3 is 0 Å². The Balaban J connectivity index is 2.17. The van der Waals surface area contributed by atoms with Crippen LogP contribution in [0.1, 0.15) is 40.5 Å². The van der Waals surface area contributed by atoms with E-state index in [2.05, 4.69) is 33.0 Å². The molecule has 0 aliphatic carbocycles. The fourth-order valence-electron chi connectivity index (χ4n) is 2.21. The molecule has 3 unspecified atom stereocenters. The Morgan fingerprint density at radius 1 is 1.44 bits per heavy atom. The number of ether oxygens (including phenoxy) is 1. The van der Waals surface area contributed by atoms with Crippen molar-refractivity contribution in [3.8, 4) is 0 Å². The minimum Gasteiger partial charge on any atom is -0.392 e. The lowest BCUT2D eigenvalue weighted by atomic mass is 9.89. The molecule has 2 N–H and O–H groups in total. The van der Waals surface area contributed by atoms with Crippen molar-refractivity contribution in [2.45, 2.75) is 52.7 Å². The van der Waals surface area contributed by atoms with Crippen LogP contribution in [0.25, 0.3) is 0 Å². The molecule has 3 nitrogen and oxygen atoms in total. The molecule has 0 amide bonds. The molecule has 0 aromatic heterocycles. The van der Waals surface area contributed by atoms with Crippen LogP contribution in [0.2, 0.25) is 0 Å². The van der Waals surface area contributed by atoms with Gasteiger partial charge in [0.25, 0.3) is 0 Å². The van der Waals surface area contributed by atoms with Gasteiger partial charge in [-0.15, -0.1) is 0 Å². The summed E-state index contributed by atoms with van der Waals surface area (Å²) >= 11 is 0. The molecule has 3 heteroatoms. The van der Waals surface area contributed by atoms with Crippen LogP contribution < -0.4 is 5.32 Å². The van der Waals surface area contributed by atoms with Crippen molar-refractivity contribution in [1.29, 1.82) is 0 Å². The second-order valence-electron chi connectivity index (χ2n) is 6.24. The number of aliphatic hydroxyl groups is 1. The summed E-state index contributed by atoms with van der Waals surface area (Å²) in [5, 5.41) is 13.3. The number of hydrogen-bond acceptors (Lipinski definition) is 3. The third kappa shape index (κ3) is 5.28. The minimum absolute atomic E-state index is 0.195. The van der Waals surface area contributed by atoms with Crippen molar-refractivity contribution in [3.05, 3.63) is 0 Å². The van der Waals surface area contributed by atoms with Crippen molar-refractivity contribution >= 4 is 0 Å². The van der Waals surface area contributed by atoms with Gasteiger partial charge in [-0.2, -0.15) is 0 Å². The Labute approximate surface area is 99.6 Å². The van der Waals surface area contributed by atoms with Crippen LogP contribution in [-0.2, 0) is 4.74 Å². The highest BCUT2D eigenvalue weighted by atomic mass is 16.5. The zero-order valence-corrected chi connectivity index (χ0v) is 11.1. The SMILES string of the molecule is CC(NCC(O)CC(C)(C)C)C1CCOC1. The van der Waals surface area contributed by atoms with E-state index in [1.165, 1.54) is 0 Å². The van der Waals surface area contributed by atoms with Gasteiger partial charge < -0.3 is 15.2 Å². The molecule has 1 saturated heterocycles. The number of aliphatic hydroxyl groups excluding tert-OH is 1. The van der Waals surface area contributed by atoms with E-state index in [4.69, 9.17) is 4.74 Å². The van der Waals surface area contributed by atoms with E-state index in [1.807, 2.05) is 0 Å². The predicted octanol–water partition coefficient (Wildman–Crippen LogP) is 1.80. The van der Waals surface area contributed by atoms with Crippen LogP contribution in [0.3, 0.4) is 0 Å². The van der Waals surface area contributed by atoms with E-state index in [0.29, 0.717) is 18.5 Å². The zero-order chi connectivity index (χ0) is 12.2. The average molecular weight is 229 g/mol. The molecule has 0 saturated carbocycles. The maximum absolute atomic E-state index is 9.88. The predicted molar refractivity (Wildman–Crippen MR) is 66.5 cm³/mol. The molecule has 1 fully saturated rings. The first-order valence-corrected chi connectivity index (χ1v) is 6.38. The topological polar surface area (TPSA) is 41.5 Å². The monoisotopic (exact) mass is 229 g/mol. The van der Waals surface area contributed by atoms with Gasteiger partial charge in [-0.1, -0.05) is 20.8 Å². The molecule has 0 aromatic rings. The molecule has 3 atom stereocenters. The van der Waals surface area contributed by atoms with Crippen LogP contribution in [0, 0.1) is 11.3 Å². The van der Waals surface area contributed by atoms with Gasteiger partial charge in [-0.25, -0.2) is 0 Å². The average Bonchev–Trinajstić information content (AvgIpc) is 2.64. The third-order valence-electron chi connectivity index (χ3n) is 3.20. The van der Waals surface area contributed by atoms with Gasteiger partial charge in [0.15, 0.2) is 0 Å². The van der Waals surface area contributed by atoms with Crippen LogP contribution in [0.4, 0.5) is 0 Å². The van der Waals surface area contributed by atoms with Gasteiger partial charge in [-0.05, 0) is 31.1 Å². The molecule has 0 spiro atoms. The highest BCUT2D eigenvalue weighted by Gasteiger charge is 2.23. The lowest BCUT2D eigenvalue weighted by Crippen LogP contribution is -2.39. The Kier molecular flexibility index (Phi) is 5.22. The Morgan fingerprint density at radius 3 is 2.62 bits per heavy atom. The molecule has 1 aliphatic rings. The largest absolute Gasteiger partial charge is 0.392 e. The van der Waals surface area contributed by atoms with E-state index >= 15 is 0 Å². The van der Waals surface area contributed by atoms with E-state index in [0.717, 1.165) is 26.1 Å². The molecule has 16 heavy (non-hydrogen) atoms. The lowest BCUT2D eigenvalue weighted by Gasteiger charge is -2.25. The summed E-state index contributed by atoms with van der Waals surface area (Å²) in [5.41, 5.74) is 0.195. The summed E-state index contributed by atoms with van der Waals surface area (Å²) < 4.78 is 5.36. The second-order valence-corrected chi connectivity index (χ2v) is 6.24. The lowest BCUT2D eigenvalue weighted by molar-refractivity contribution is 0.112. The standard InChI is InChI=1S/C13H27NO2/c1-10(11-5-6-16-9-11)14-8-12(15)7-13(2,3)4/h10-12,14-15H,5-9H2,1-4H3. The first kappa shape index (κ1) is 13.9. The fourth-order valence-corrected chi connectivity index (χ4v) is 2.21. The Bertz CT molecular complexity index is 195. The first-order chi connectivity index (χ1) is 7.38. The van der Waals surface area contributed by atoms with Crippen LogP contribution in [-0.4, -0.2) is 37.0 Å². The van der Waals surface area contributed by atoms with Crippen LogP contribution >= 0.6 is 0 Å². The summed E-state index contributed by atoms with van der Waals surface area (Å²) in [7, 11) is 0. The van der Waals surface area contributed by atoms with E-state index < -0.39 is 0 Å². The highest BCUT2D eigenvalue weighted by molar-refractivity contribution is 4.78. The van der Waals surface area contributed by atoms with E-state index in [9.17, 15) is 5.11 Å². The molecule has 0 aromatic carbocycles. The zero-order valence-electron chi connectivity index (χ0n) is 11.1. The molecular weight excluding hydrogens is 202 g/mol. The van der Waals surface area contributed by atoms with E-state index in [1.54, 1.807) is 0 Å². The number of nitrogens with one attached hydrogen (secondary N) is 1. The molecule has 1 aliphatic heterocycles. The summed E-state index contributed by atoms with van der Waals surface area (Å²) in [5.74, 6) is 0.613. The normalized spacial score (nSPS) is 25.7. The van der Waals surface area contributed by atoms with Crippen molar-refractivity contribution in [2.24, 2.45) is 11.3 Å². The second kappa shape index (κ2) is 5.99. The first-order valence-electron chi connectivity index (χ1n) is 6.38. The van der Waals surface area contributed by atoms with Gasteiger partial charge in [0.2, 0.25) is 0 Å². The summed E-state index contributed by atoms with van der Waals surface area (Å²) in [4.78, 5) is 0. The van der Waals surface area contributed by atoms with Crippen LogP contribution in [0.15, 0.2) is 0 Å². The van der Waals surface area contributed by atoms with Gasteiger partial charge in [0.1, 0.15) is 0 Å². The Morgan fingerprint density at radius 2 is 2.12 bits per heavy atom. The molecular formula is C13H27NO2. The maximum Gasteiger partial charge on any atom is 0.0669 e. The highest BCUT2D eigenvalue weighted by Crippen LogP contribution is 2.21. The van der Waals surface area contributed by atoms with E-state index in [-0.39, 0.29) is 11.5 Å². The van der Waals surface area contributed by atoms with Crippen molar-refractivity contribution in [2.75, 3.05) is 19.8 Å². The Hall–Kier alpha value is -0.120. The quantitative estimate of drug-likeness (QED) is 0.755. The number of rotatable bonds is 5. The van der Waals surface area contributed by atoms with Gasteiger partial charge in [0, 0.05) is 19.2 Å². The molecule has 96 valence electrons. The molecule has 0 bridgehead atoms. The van der Waals surface area contributed by atoms with Crippen molar-refractivity contribution in [3.63, 3.8) is 0 Å². The van der Waals surface area contributed by atoms with Crippen molar-refractivity contribution in [1.82, 2.24) is 5.32 Å². The van der Waals surface area contributed by atoms with Gasteiger partial charge in [-0.3, -0.25) is 0 Å². The number of hydrogen-bond donors (Lipinski definition) is 2. The van der Waals surface area contributed by atoms with Gasteiger partial charge in [0.05, 0.1) is 12.7 Å². The van der Waals surface area contributed by atoms with Crippen LogP contribution in [0.5, 0.6) is 0 Å². The maximum atomic E-state index is 9.88.